The maximum Gasteiger partial charge on any atom is 0.488 e. The van der Waals surface area contributed by atoms with E-state index in [2.05, 4.69) is 36.5 Å². The van der Waals surface area contributed by atoms with Crippen molar-refractivity contribution >= 4 is 99.1 Å². The van der Waals surface area contributed by atoms with E-state index in [1.54, 1.807) is 78.0 Å². The number of anilines is 2. The summed E-state index contributed by atoms with van der Waals surface area (Å²) in [7, 11) is -1.55. The molecule has 18 nitrogen and oxygen atoms in total. The van der Waals surface area contributed by atoms with Gasteiger partial charge in [0.1, 0.15) is 35.3 Å². The normalized spacial score (nSPS) is 16.2. The van der Waals surface area contributed by atoms with E-state index in [0.29, 0.717) is 128 Å². The first-order valence-corrected chi connectivity index (χ1v) is 26.5. The van der Waals surface area contributed by atoms with Gasteiger partial charge < -0.3 is 60.9 Å². The average molecular weight is 1180 g/mol. The SMILES string of the molecule is C.Nc1ccc(/C=C/C(=O)NCC2Cc3cc(-c4cccc(C(=O)N5CCOCC5)c4)cc(Cl)c3O2)cn1.Nc1ccc(/C=C/C(=O)NCC2Cc3cc(Br)cc(Cl)c3O2)cn1.O=C(c1cccc(B(O)O)c1)N1CCOCC1. The smallest absolute Gasteiger partial charge is 0.486 e. The minimum atomic E-state index is -1.55. The van der Waals surface area contributed by atoms with Gasteiger partial charge in [0.2, 0.25) is 11.8 Å². The number of nitrogens with zero attached hydrogens (tertiary/aromatic N) is 4. The molecule has 2 aromatic heterocycles. The van der Waals surface area contributed by atoms with E-state index in [1.165, 1.54) is 18.2 Å². The Labute approximate surface area is 477 Å². The van der Waals surface area contributed by atoms with Gasteiger partial charge >= 0.3 is 7.12 Å². The summed E-state index contributed by atoms with van der Waals surface area (Å²) in [6, 6.07) is 28.6. The molecule has 10 rings (SSSR count). The maximum atomic E-state index is 12.9. The van der Waals surface area contributed by atoms with E-state index >= 15 is 0 Å². The number of hydrogen-bond acceptors (Lipinski definition) is 14. The van der Waals surface area contributed by atoms with Crippen LogP contribution in [0.3, 0.4) is 0 Å². The lowest BCUT2D eigenvalue weighted by Crippen LogP contribution is -2.41. The first kappa shape index (κ1) is 59.4. The number of benzene rings is 4. The third-order valence-electron chi connectivity index (χ3n) is 12.6. The van der Waals surface area contributed by atoms with Gasteiger partial charge in [0.15, 0.2) is 0 Å². The first-order valence-electron chi connectivity index (χ1n) is 24.9. The molecule has 0 aliphatic carbocycles. The molecule has 2 fully saturated rings. The van der Waals surface area contributed by atoms with Crippen molar-refractivity contribution < 1.29 is 48.2 Å². The number of nitrogen functional groups attached to an aromatic ring is 2. The summed E-state index contributed by atoms with van der Waals surface area (Å²) < 4.78 is 23.3. The standard InChI is InChI=1S/C28H27ClN4O4.C17H15BrClN3O2.C11H14BNO4.CH4/c29-24-15-21(19-2-1-3-20(12-19)28(35)33-8-10-36-11-9-33)13-22-14-23(37-27(22)24)17-32-26(34)7-5-18-4-6-25(30)31-16-18;18-12-5-11-6-13(24-17(11)14(19)7-12)9-22-16(23)4-2-10-1-3-15(20)21-8-10;14-11(13-4-6-17-7-5-13)9-2-1-3-10(8-9)12(15)16;/h1-7,12-13,15-16,23H,8-11,14,17H2,(H2,30,31)(H,32,34);1-5,7-8,13H,6,9H2,(H2,20,21)(H,22,23);1-3,8,15-16H,4-7H2;1H4/b7-5+;4-2+;;. The summed E-state index contributed by atoms with van der Waals surface area (Å²) in [4.78, 5) is 60.6. The molecular formula is C57H60BBrCl2N8O10. The molecule has 6 aromatic rings. The van der Waals surface area contributed by atoms with E-state index in [1.807, 2.05) is 47.4 Å². The third kappa shape index (κ3) is 16.9. The van der Waals surface area contributed by atoms with Crippen LogP contribution in [-0.4, -0.2) is 138 Å². The van der Waals surface area contributed by atoms with Crippen molar-refractivity contribution in [1.82, 2.24) is 30.4 Å². The van der Waals surface area contributed by atoms with Gasteiger partial charge in [-0.3, -0.25) is 19.2 Å². The molecule has 4 aliphatic rings. The van der Waals surface area contributed by atoms with Crippen LogP contribution in [0.5, 0.6) is 11.5 Å². The van der Waals surface area contributed by atoms with Gasteiger partial charge in [-0.15, -0.1) is 0 Å². The molecule has 0 radical (unpaired) electrons. The highest BCUT2D eigenvalue weighted by atomic mass is 79.9. The number of hydrogen-bond donors (Lipinski definition) is 6. The molecule has 22 heteroatoms. The van der Waals surface area contributed by atoms with Crippen LogP contribution in [-0.2, 0) is 31.9 Å². The van der Waals surface area contributed by atoms with Crippen LogP contribution in [0.2, 0.25) is 10.0 Å². The van der Waals surface area contributed by atoms with Crippen LogP contribution in [0.4, 0.5) is 11.6 Å². The summed E-state index contributed by atoms with van der Waals surface area (Å²) in [5.74, 6) is 1.67. The minimum absolute atomic E-state index is 0. The Morgan fingerprint density at radius 3 is 1.62 bits per heavy atom. The summed E-state index contributed by atoms with van der Waals surface area (Å²) in [5, 5.41) is 24.9. The monoisotopic (exact) mass is 1180 g/mol. The number of amides is 4. The summed E-state index contributed by atoms with van der Waals surface area (Å²) in [6.45, 7) is 5.30. The molecule has 2 atom stereocenters. The van der Waals surface area contributed by atoms with E-state index in [9.17, 15) is 19.2 Å². The highest BCUT2D eigenvalue weighted by Gasteiger charge is 2.28. The highest BCUT2D eigenvalue weighted by Crippen LogP contribution is 2.40. The zero-order chi connectivity index (χ0) is 55.1. The van der Waals surface area contributed by atoms with Gasteiger partial charge in [-0.2, -0.15) is 0 Å². The molecule has 0 spiro atoms. The Bertz CT molecular complexity index is 3160. The molecule has 2 saturated heterocycles. The first-order chi connectivity index (χ1) is 37.6. The molecule has 4 aromatic carbocycles. The summed E-state index contributed by atoms with van der Waals surface area (Å²) >= 11 is 16.2. The molecule has 4 aliphatic heterocycles. The van der Waals surface area contributed by atoms with Gasteiger partial charge in [-0.05, 0) is 113 Å². The van der Waals surface area contributed by atoms with Gasteiger partial charge in [-0.1, -0.05) is 70.8 Å². The fraction of sp³-hybridized carbons (Fsp3) is 0.263. The lowest BCUT2D eigenvalue weighted by molar-refractivity contribution is -0.117. The zero-order valence-electron chi connectivity index (χ0n) is 42.2. The number of nitrogens with one attached hydrogen (secondary N) is 2. The molecule has 6 heterocycles. The number of fused-ring (bicyclic) bond motifs is 2. The fourth-order valence-electron chi connectivity index (χ4n) is 8.62. The number of pyridine rings is 2. The van der Waals surface area contributed by atoms with Crippen molar-refractivity contribution in [2.24, 2.45) is 0 Å². The Morgan fingerprint density at radius 2 is 1.13 bits per heavy atom. The molecule has 0 bridgehead atoms. The number of rotatable bonds is 12. The highest BCUT2D eigenvalue weighted by molar-refractivity contribution is 9.10. The van der Waals surface area contributed by atoms with Crippen molar-refractivity contribution in [2.45, 2.75) is 32.5 Å². The van der Waals surface area contributed by atoms with E-state index in [4.69, 9.17) is 63.7 Å². The fourth-order valence-corrected chi connectivity index (χ4v) is 9.82. The average Bonchev–Trinajstić information content (AvgIpc) is 4.18. The number of ether oxygens (including phenoxy) is 4. The van der Waals surface area contributed by atoms with Crippen LogP contribution >= 0.6 is 39.1 Å². The second kappa shape index (κ2) is 28.5. The lowest BCUT2D eigenvalue weighted by atomic mass is 9.79. The number of morpholine rings is 2. The summed E-state index contributed by atoms with van der Waals surface area (Å²) in [5.41, 5.74) is 17.9. The second-order valence-corrected chi connectivity index (χ2v) is 20.0. The number of nitrogens with two attached hydrogens (primary N) is 2. The van der Waals surface area contributed by atoms with Crippen molar-refractivity contribution in [1.29, 1.82) is 0 Å². The van der Waals surface area contributed by atoms with E-state index < -0.39 is 7.12 Å². The molecule has 79 heavy (non-hydrogen) atoms. The molecule has 412 valence electrons. The maximum absolute atomic E-state index is 12.9. The number of carbonyl (C=O) groups excluding carboxylic acids is 4. The number of aromatic nitrogens is 2. The van der Waals surface area contributed by atoms with E-state index in [0.717, 1.165) is 37.9 Å². The Balaban J connectivity index is 0.000000185. The van der Waals surface area contributed by atoms with Crippen molar-refractivity contribution in [3.63, 3.8) is 0 Å². The quantitative estimate of drug-likeness (QED) is 0.0583. The summed E-state index contributed by atoms with van der Waals surface area (Å²) in [6.07, 6.45) is 10.4. The Kier molecular flexibility index (Phi) is 21.5. The van der Waals surface area contributed by atoms with Crippen molar-refractivity contribution in [2.75, 3.05) is 77.2 Å². The largest absolute Gasteiger partial charge is 0.488 e. The van der Waals surface area contributed by atoms with Crippen LogP contribution in [0.15, 0.2) is 126 Å². The van der Waals surface area contributed by atoms with Gasteiger partial charge in [0, 0.05) is 90.3 Å². The molecular weight excluding hydrogens is 1120 g/mol. The zero-order valence-corrected chi connectivity index (χ0v) is 45.3. The van der Waals surface area contributed by atoms with Crippen LogP contribution in [0, 0.1) is 0 Å². The van der Waals surface area contributed by atoms with Crippen LogP contribution in [0.25, 0.3) is 23.3 Å². The van der Waals surface area contributed by atoms with Crippen molar-refractivity contribution in [3.05, 3.63) is 170 Å². The molecule has 2 unspecified atom stereocenters. The van der Waals surface area contributed by atoms with E-state index in [-0.39, 0.29) is 43.3 Å². The van der Waals surface area contributed by atoms with Crippen molar-refractivity contribution in [3.8, 4) is 22.6 Å². The minimum Gasteiger partial charge on any atom is -0.486 e. The topological polar surface area (TPSA) is 254 Å². The molecule has 4 amide bonds. The second-order valence-electron chi connectivity index (χ2n) is 18.3. The Morgan fingerprint density at radius 1 is 0.646 bits per heavy atom. The predicted molar refractivity (Wildman–Crippen MR) is 310 cm³/mol. The number of halogens is 3. The molecule has 8 N–H and O–H groups in total. The predicted octanol–water partition coefficient (Wildman–Crippen LogP) is 6.28. The van der Waals surface area contributed by atoms with Crippen LogP contribution < -0.4 is 37.0 Å². The van der Waals surface area contributed by atoms with Crippen LogP contribution in [0.1, 0.15) is 50.4 Å². The van der Waals surface area contributed by atoms with Gasteiger partial charge in [0.25, 0.3) is 11.8 Å². The van der Waals surface area contributed by atoms with Gasteiger partial charge in [0.05, 0.1) is 49.6 Å². The molecule has 0 saturated carbocycles. The lowest BCUT2D eigenvalue weighted by Gasteiger charge is -2.27. The third-order valence-corrected chi connectivity index (χ3v) is 13.6. The van der Waals surface area contributed by atoms with Gasteiger partial charge in [-0.25, -0.2) is 9.97 Å². The number of carbonyl (C=O) groups is 4. The Hall–Kier alpha value is -7.30.